The molecule has 0 unspecified atom stereocenters. The van der Waals surface area contributed by atoms with Crippen molar-refractivity contribution in [2.24, 2.45) is 5.92 Å². The van der Waals surface area contributed by atoms with Crippen LogP contribution in [0.2, 0.25) is 0 Å². The van der Waals surface area contributed by atoms with Crippen LogP contribution >= 0.6 is 44.3 Å². The van der Waals surface area contributed by atoms with E-state index in [0.717, 1.165) is 44.2 Å². The van der Waals surface area contributed by atoms with Crippen molar-refractivity contribution < 1.29 is 4.92 Å². The molecule has 0 spiro atoms. The van der Waals surface area contributed by atoms with Crippen molar-refractivity contribution in [1.82, 2.24) is 14.9 Å². The van der Waals surface area contributed by atoms with Crippen LogP contribution < -0.4 is 10.2 Å². The Morgan fingerprint density at radius 2 is 2.00 bits per heavy atom. The number of nitrogens with zero attached hydrogens (tertiary/aromatic N) is 4. The summed E-state index contributed by atoms with van der Waals surface area (Å²) in [5, 5.41) is 14.9. The van der Waals surface area contributed by atoms with Gasteiger partial charge in [-0.1, -0.05) is 13.8 Å². The van der Waals surface area contributed by atoms with Gasteiger partial charge in [-0.2, -0.15) is 0 Å². The highest BCUT2D eigenvalue weighted by Gasteiger charge is 2.28. The van der Waals surface area contributed by atoms with E-state index in [2.05, 4.69) is 65.5 Å². The van der Waals surface area contributed by atoms with E-state index in [0.29, 0.717) is 20.4 Å². The number of piperazine rings is 1. The van der Waals surface area contributed by atoms with Gasteiger partial charge in [-0.3, -0.25) is 10.1 Å². The Hall–Kier alpha value is -0.900. The van der Waals surface area contributed by atoms with E-state index in [9.17, 15) is 10.1 Å². The van der Waals surface area contributed by atoms with Gasteiger partial charge in [0.1, 0.15) is 4.47 Å². The normalized spacial score (nSPS) is 14.8. The fraction of sp³-hybridized carbons (Fsp3) is 0.533. The number of nitro groups is 1. The first kappa shape index (κ1) is 20.4. The lowest BCUT2D eigenvalue weighted by atomic mass is 10.2. The molecule has 138 valence electrons. The highest BCUT2D eigenvalue weighted by molar-refractivity contribution is 9.13. The van der Waals surface area contributed by atoms with Crippen molar-refractivity contribution in [3.05, 3.63) is 25.1 Å². The molecule has 1 aromatic heterocycles. The predicted molar refractivity (Wildman–Crippen MR) is 109 cm³/mol. The minimum absolute atomic E-state index is 0. The van der Waals surface area contributed by atoms with Crippen molar-refractivity contribution in [1.29, 1.82) is 0 Å². The van der Waals surface area contributed by atoms with Gasteiger partial charge in [0, 0.05) is 37.2 Å². The van der Waals surface area contributed by atoms with Crippen LogP contribution in [-0.4, -0.2) is 40.7 Å². The van der Waals surface area contributed by atoms with E-state index in [4.69, 9.17) is 0 Å². The van der Waals surface area contributed by atoms with Crippen LogP contribution in [0.4, 0.5) is 11.6 Å². The van der Waals surface area contributed by atoms with Gasteiger partial charge in [0.2, 0.25) is 5.95 Å². The lowest BCUT2D eigenvalue weighted by molar-refractivity contribution is -0.384. The van der Waals surface area contributed by atoms with Crippen molar-refractivity contribution >= 4 is 66.9 Å². The molecule has 1 N–H and O–H groups in total. The molecule has 0 radical (unpaired) electrons. The zero-order valence-corrected chi connectivity index (χ0v) is 17.9. The maximum Gasteiger partial charge on any atom is 0.312 e. The summed E-state index contributed by atoms with van der Waals surface area (Å²) in [6.45, 7) is 8.50. The number of hydrogen-bond donors (Lipinski definition) is 1. The van der Waals surface area contributed by atoms with Crippen LogP contribution in [0.5, 0.6) is 0 Å². The second-order valence-electron chi connectivity index (χ2n) is 6.30. The Morgan fingerprint density at radius 1 is 1.36 bits per heavy atom. The third-order valence-corrected chi connectivity index (χ3v) is 5.98. The average Bonchev–Trinajstić information content (AvgIpc) is 2.86. The van der Waals surface area contributed by atoms with Gasteiger partial charge in [-0.15, -0.1) is 12.4 Å². The maximum absolute atomic E-state index is 11.6. The average molecular weight is 498 g/mol. The summed E-state index contributed by atoms with van der Waals surface area (Å²) in [6.07, 6.45) is 0. The van der Waals surface area contributed by atoms with Crippen molar-refractivity contribution in [2.75, 3.05) is 31.1 Å². The molecular weight excluding hydrogens is 477 g/mol. The molecule has 0 atom stereocenters. The van der Waals surface area contributed by atoms with Crippen LogP contribution in [0.15, 0.2) is 15.0 Å². The van der Waals surface area contributed by atoms with Crippen molar-refractivity contribution in [3.63, 3.8) is 0 Å². The Morgan fingerprint density at radius 3 is 2.56 bits per heavy atom. The summed E-state index contributed by atoms with van der Waals surface area (Å²) in [5.74, 6) is 1.22. The molecular formula is C15H20Br2ClN5O2. The molecule has 10 heteroatoms. The molecule has 0 aliphatic carbocycles. The zero-order valence-electron chi connectivity index (χ0n) is 14.0. The predicted octanol–water partition coefficient (Wildman–Crippen LogP) is 3.96. The number of nitrogens with one attached hydrogen (secondary N) is 1. The largest absolute Gasteiger partial charge is 0.340 e. The Bertz CT molecular complexity index is 790. The molecule has 2 aromatic rings. The number of fused-ring (bicyclic) bond motifs is 1. The second kappa shape index (κ2) is 8.20. The smallest absolute Gasteiger partial charge is 0.312 e. The lowest BCUT2D eigenvalue weighted by Crippen LogP contribution is -2.44. The molecule has 0 amide bonds. The van der Waals surface area contributed by atoms with Crippen LogP contribution in [0.25, 0.3) is 11.0 Å². The standard InChI is InChI=1S/C15H19Br2N5O2.ClH/c1-9(2)8-21-11-7-10(16)12(17)14(22(23)24)13(11)19-15(21)20-5-3-18-4-6-20;/h7,9,18H,3-6,8H2,1-2H3;1H. The molecule has 1 aliphatic rings. The van der Waals surface area contributed by atoms with Crippen LogP contribution in [-0.2, 0) is 6.54 Å². The molecule has 7 nitrogen and oxygen atoms in total. The van der Waals surface area contributed by atoms with Crippen LogP contribution in [0.3, 0.4) is 0 Å². The first-order valence-corrected chi connectivity index (χ1v) is 9.47. The van der Waals surface area contributed by atoms with Crippen LogP contribution in [0.1, 0.15) is 13.8 Å². The quantitative estimate of drug-likeness (QED) is 0.511. The van der Waals surface area contributed by atoms with Gasteiger partial charge in [0.05, 0.1) is 10.4 Å². The number of nitro benzene ring substituents is 1. The first-order chi connectivity index (χ1) is 11.4. The highest BCUT2D eigenvalue weighted by atomic mass is 79.9. The molecule has 1 saturated heterocycles. The van der Waals surface area contributed by atoms with E-state index in [-0.39, 0.29) is 23.0 Å². The number of benzene rings is 1. The zero-order chi connectivity index (χ0) is 17.4. The van der Waals surface area contributed by atoms with E-state index in [1.54, 1.807) is 0 Å². The maximum atomic E-state index is 11.6. The highest BCUT2D eigenvalue weighted by Crippen LogP contribution is 2.40. The number of anilines is 1. The van der Waals surface area contributed by atoms with E-state index in [1.165, 1.54) is 0 Å². The molecule has 25 heavy (non-hydrogen) atoms. The number of aromatic nitrogens is 2. The number of rotatable bonds is 4. The third kappa shape index (κ3) is 3.94. The monoisotopic (exact) mass is 495 g/mol. The number of imidazole rings is 1. The van der Waals surface area contributed by atoms with Gasteiger partial charge < -0.3 is 14.8 Å². The summed E-state index contributed by atoms with van der Waals surface area (Å²) < 4.78 is 3.20. The van der Waals surface area contributed by atoms with Crippen molar-refractivity contribution in [2.45, 2.75) is 20.4 Å². The van der Waals surface area contributed by atoms with E-state index >= 15 is 0 Å². The van der Waals surface area contributed by atoms with Gasteiger partial charge in [-0.05, 0) is 43.8 Å². The SMILES string of the molecule is CC(C)Cn1c(N2CCNCC2)nc2c([N+](=O)[O-])c(Br)c(Br)cc21.Cl. The Balaban J connectivity index is 0.00000225. The summed E-state index contributed by atoms with van der Waals surface area (Å²) in [6, 6.07) is 1.91. The topological polar surface area (TPSA) is 76.2 Å². The summed E-state index contributed by atoms with van der Waals surface area (Å²) in [7, 11) is 0. The summed E-state index contributed by atoms with van der Waals surface area (Å²) in [5.41, 5.74) is 1.24. The van der Waals surface area contributed by atoms with Crippen molar-refractivity contribution in [3.8, 4) is 0 Å². The number of halogens is 3. The number of hydrogen-bond acceptors (Lipinski definition) is 5. The molecule has 1 aliphatic heterocycles. The first-order valence-electron chi connectivity index (χ1n) is 7.88. The van der Waals surface area contributed by atoms with Gasteiger partial charge >= 0.3 is 5.69 Å². The summed E-state index contributed by atoms with van der Waals surface area (Å²) >= 11 is 6.75. The third-order valence-electron chi connectivity index (χ3n) is 4.02. The van der Waals surface area contributed by atoms with E-state index < -0.39 is 0 Å². The Kier molecular flexibility index (Phi) is 6.69. The van der Waals surface area contributed by atoms with Crippen LogP contribution in [0, 0.1) is 16.0 Å². The molecule has 3 rings (SSSR count). The molecule has 0 saturated carbocycles. The second-order valence-corrected chi connectivity index (χ2v) is 7.95. The Labute approximate surface area is 169 Å². The molecule has 2 heterocycles. The lowest BCUT2D eigenvalue weighted by Gasteiger charge is -2.29. The molecule has 1 aromatic carbocycles. The fourth-order valence-corrected chi connectivity index (χ4v) is 3.84. The minimum Gasteiger partial charge on any atom is -0.340 e. The summed E-state index contributed by atoms with van der Waals surface area (Å²) in [4.78, 5) is 18.1. The minimum atomic E-state index is -0.370. The van der Waals surface area contributed by atoms with E-state index in [1.807, 2.05) is 6.07 Å². The molecule has 0 bridgehead atoms. The van der Waals surface area contributed by atoms with Gasteiger partial charge in [0.15, 0.2) is 5.52 Å². The van der Waals surface area contributed by atoms with Gasteiger partial charge in [0.25, 0.3) is 0 Å². The van der Waals surface area contributed by atoms with Gasteiger partial charge in [-0.25, -0.2) is 4.98 Å². The molecule has 1 fully saturated rings. The fourth-order valence-electron chi connectivity index (χ4n) is 2.99.